The molecule has 2 rings (SSSR count). The normalized spacial score (nSPS) is 19.9. The van der Waals surface area contributed by atoms with Gasteiger partial charge < -0.3 is 20.5 Å². The number of benzene rings is 1. The SMILES string of the molecule is CCCOc1ccc(CNC(=O)C[C@@H]2CCC[C@H]2N)c(OC(F)F)c1. The third-order valence-electron chi connectivity index (χ3n) is 4.37. The first-order chi connectivity index (χ1) is 12.0. The van der Waals surface area contributed by atoms with Crippen LogP contribution in [-0.2, 0) is 11.3 Å². The van der Waals surface area contributed by atoms with Crippen LogP contribution in [0.4, 0.5) is 8.78 Å². The summed E-state index contributed by atoms with van der Waals surface area (Å²) in [6, 6.07) is 4.81. The summed E-state index contributed by atoms with van der Waals surface area (Å²) in [7, 11) is 0. The van der Waals surface area contributed by atoms with Crippen molar-refractivity contribution in [3.05, 3.63) is 23.8 Å². The maximum absolute atomic E-state index is 12.6. The fourth-order valence-corrected chi connectivity index (χ4v) is 3.02. The quantitative estimate of drug-likeness (QED) is 0.713. The van der Waals surface area contributed by atoms with E-state index in [0.717, 1.165) is 25.7 Å². The first-order valence-corrected chi connectivity index (χ1v) is 8.72. The number of nitrogens with one attached hydrogen (secondary N) is 1. The minimum absolute atomic E-state index is 0.0153. The summed E-state index contributed by atoms with van der Waals surface area (Å²) in [5.41, 5.74) is 6.45. The highest BCUT2D eigenvalue weighted by Gasteiger charge is 2.26. The van der Waals surface area contributed by atoms with Gasteiger partial charge in [-0.15, -0.1) is 0 Å². The van der Waals surface area contributed by atoms with Crippen LogP contribution in [0.1, 0.15) is 44.6 Å². The third kappa shape index (κ3) is 6.16. The Morgan fingerprint density at radius 2 is 2.20 bits per heavy atom. The Kier molecular flexibility index (Phi) is 7.43. The van der Waals surface area contributed by atoms with Crippen LogP contribution in [0.15, 0.2) is 18.2 Å². The Labute approximate surface area is 146 Å². The van der Waals surface area contributed by atoms with Gasteiger partial charge in [0.2, 0.25) is 5.91 Å². The molecule has 0 radical (unpaired) electrons. The summed E-state index contributed by atoms with van der Waals surface area (Å²) in [6.07, 6.45) is 4.13. The molecule has 0 spiro atoms. The molecule has 0 unspecified atom stereocenters. The van der Waals surface area contributed by atoms with Gasteiger partial charge in [0.05, 0.1) is 6.61 Å². The largest absolute Gasteiger partial charge is 0.493 e. The molecular formula is C18H26F2N2O3. The van der Waals surface area contributed by atoms with Gasteiger partial charge in [-0.25, -0.2) is 0 Å². The van der Waals surface area contributed by atoms with Gasteiger partial charge in [-0.2, -0.15) is 8.78 Å². The van der Waals surface area contributed by atoms with Crippen molar-refractivity contribution in [1.29, 1.82) is 0 Å². The van der Waals surface area contributed by atoms with Gasteiger partial charge >= 0.3 is 6.61 Å². The molecular weight excluding hydrogens is 330 g/mol. The molecule has 1 saturated carbocycles. The van der Waals surface area contributed by atoms with E-state index in [4.69, 9.17) is 10.5 Å². The van der Waals surface area contributed by atoms with Crippen LogP contribution in [0.3, 0.4) is 0 Å². The van der Waals surface area contributed by atoms with E-state index in [-0.39, 0.29) is 30.2 Å². The van der Waals surface area contributed by atoms with Gasteiger partial charge in [-0.1, -0.05) is 13.3 Å². The van der Waals surface area contributed by atoms with Crippen molar-refractivity contribution < 1.29 is 23.0 Å². The predicted molar refractivity (Wildman–Crippen MR) is 90.6 cm³/mol. The lowest BCUT2D eigenvalue weighted by Gasteiger charge is -2.16. The van der Waals surface area contributed by atoms with Crippen molar-refractivity contribution in [3.63, 3.8) is 0 Å². The maximum Gasteiger partial charge on any atom is 0.387 e. The van der Waals surface area contributed by atoms with Crippen molar-refractivity contribution >= 4 is 5.91 Å². The molecule has 3 N–H and O–H groups in total. The zero-order chi connectivity index (χ0) is 18.2. The summed E-state index contributed by atoms with van der Waals surface area (Å²) < 4.78 is 35.3. The lowest BCUT2D eigenvalue weighted by molar-refractivity contribution is -0.122. The highest BCUT2D eigenvalue weighted by molar-refractivity contribution is 5.76. The first-order valence-electron chi connectivity index (χ1n) is 8.72. The predicted octanol–water partition coefficient (Wildman–Crippen LogP) is 3.21. The summed E-state index contributed by atoms with van der Waals surface area (Å²) in [4.78, 5) is 12.1. The van der Waals surface area contributed by atoms with E-state index in [1.807, 2.05) is 6.92 Å². The Bertz CT molecular complexity index is 569. The second-order valence-corrected chi connectivity index (χ2v) is 6.33. The topological polar surface area (TPSA) is 73.6 Å². The van der Waals surface area contributed by atoms with E-state index in [9.17, 15) is 13.6 Å². The molecule has 5 nitrogen and oxygen atoms in total. The average Bonchev–Trinajstić information content (AvgIpc) is 2.96. The number of ether oxygens (including phenoxy) is 2. The molecule has 1 aliphatic rings. The number of carbonyl (C=O) groups is 1. The zero-order valence-electron chi connectivity index (χ0n) is 14.5. The molecule has 0 heterocycles. The number of halogens is 2. The molecule has 0 aliphatic heterocycles. The minimum atomic E-state index is -2.94. The molecule has 1 aromatic carbocycles. The highest BCUT2D eigenvalue weighted by atomic mass is 19.3. The fourth-order valence-electron chi connectivity index (χ4n) is 3.02. The number of alkyl halides is 2. The molecule has 2 atom stereocenters. The standard InChI is InChI=1S/C18H26F2N2O3/c1-2-8-24-14-7-6-13(16(10-14)25-18(19)20)11-22-17(23)9-12-4-3-5-15(12)21/h6-7,10,12,15,18H,2-5,8-9,11,21H2,1H3,(H,22,23)/t12-,15+/m0/s1. The summed E-state index contributed by atoms with van der Waals surface area (Å²) in [6.45, 7) is -0.369. The van der Waals surface area contributed by atoms with Crippen molar-refractivity contribution in [2.75, 3.05) is 6.61 Å². The lowest BCUT2D eigenvalue weighted by atomic mass is 10.00. The Morgan fingerprint density at radius 3 is 2.84 bits per heavy atom. The van der Waals surface area contributed by atoms with Crippen LogP contribution in [0.2, 0.25) is 0 Å². The highest BCUT2D eigenvalue weighted by Crippen LogP contribution is 2.28. The Hall–Kier alpha value is -1.89. The number of amides is 1. The molecule has 1 fully saturated rings. The van der Waals surface area contributed by atoms with Crippen molar-refractivity contribution in [1.82, 2.24) is 5.32 Å². The number of hydrogen-bond acceptors (Lipinski definition) is 4. The second-order valence-electron chi connectivity index (χ2n) is 6.33. The zero-order valence-corrected chi connectivity index (χ0v) is 14.5. The van der Waals surface area contributed by atoms with Gasteiger partial charge in [0.25, 0.3) is 0 Å². The van der Waals surface area contributed by atoms with Crippen LogP contribution in [0.25, 0.3) is 0 Å². The number of carbonyl (C=O) groups excluding carboxylic acids is 1. The molecule has 1 aromatic rings. The molecule has 0 bridgehead atoms. The van der Waals surface area contributed by atoms with E-state index < -0.39 is 6.61 Å². The summed E-state index contributed by atoms with van der Waals surface area (Å²) in [5.74, 6) is 0.546. The lowest BCUT2D eigenvalue weighted by Crippen LogP contribution is -2.31. The maximum atomic E-state index is 12.6. The molecule has 0 saturated heterocycles. The Balaban J connectivity index is 1.95. The summed E-state index contributed by atoms with van der Waals surface area (Å²) >= 11 is 0. The van der Waals surface area contributed by atoms with Crippen LogP contribution in [-0.4, -0.2) is 25.2 Å². The number of nitrogens with two attached hydrogens (primary N) is 1. The third-order valence-corrected chi connectivity index (χ3v) is 4.37. The van der Waals surface area contributed by atoms with Crippen LogP contribution in [0, 0.1) is 5.92 Å². The fraction of sp³-hybridized carbons (Fsp3) is 0.611. The molecule has 0 aromatic heterocycles. The number of rotatable bonds is 9. The minimum Gasteiger partial charge on any atom is -0.493 e. The van der Waals surface area contributed by atoms with Gasteiger partial charge in [-0.3, -0.25) is 4.79 Å². The molecule has 7 heteroatoms. The molecule has 140 valence electrons. The van der Waals surface area contributed by atoms with E-state index in [1.165, 1.54) is 6.07 Å². The average molecular weight is 356 g/mol. The van der Waals surface area contributed by atoms with E-state index >= 15 is 0 Å². The van der Waals surface area contributed by atoms with Crippen LogP contribution in [0.5, 0.6) is 11.5 Å². The molecule has 1 aliphatic carbocycles. The van der Waals surface area contributed by atoms with Crippen LogP contribution < -0.4 is 20.5 Å². The summed E-state index contributed by atoms with van der Waals surface area (Å²) in [5, 5.41) is 2.76. The van der Waals surface area contributed by atoms with E-state index in [0.29, 0.717) is 24.3 Å². The van der Waals surface area contributed by atoms with Gasteiger partial charge in [0, 0.05) is 30.6 Å². The monoisotopic (exact) mass is 356 g/mol. The van der Waals surface area contributed by atoms with Crippen molar-refractivity contribution in [3.8, 4) is 11.5 Å². The first kappa shape index (κ1) is 19.4. The molecule has 25 heavy (non-hydrogen) atoms. The van der Waals surface area contributed by atoms with Crippen molar-refractivity contribution in [2.24, 2.45) is 11.7 Å². The van der Waals surface area contributed by atoms with E-state index in [1.54, 1.807) is 12.1 Å². The van der Waals surface area contributed by atoms with Crippen LogP contribution >= 0.6 is 0 Å². The second kappa shape index (κ2) is 9.56. The molecule has 1 amide bonds. The van der Waals surface area contributed by atoms with Gasteiger partial charge in [0.15, 0.2) is 0 Å². The van der Waals surface area contributed by atoms with Gasteiger partial charge in [-0.05, 0) is 37.3 Å². The number of hydrogen-bond donors (Lipinski definition) is 2. The van der Waals surface area contributed by atoms with Gasteiger partial charge in [0.1, 0.15) is 11.5 Å². The Morgan fingerprint density at radius 1 is 1.40 bits per heavy atom. The smallest absolute Gasteiger partial charge is 0.387 e. The van der Waals surface area contributed by atoms with E-state index in [2.05, 4.69) is 10.1 Å². The van der Waals surface area contributed by atoms with Crippen molar-refractivity contribution in [2.45, 2.75) is 58.2 Å².